The summed E-state index contributed by atoms with van der Waals surface area (Å²) in [7, 11) is 3.02. The Morgan fingerprint density at radius 3 is 2.40 bits per heavy atom. The molecule has 14 nitrogen and oxygen atoms in total. The first-order valence-electron chi connectivity index (χ1n) is 25.0. The fourth-order valence-corrected chi connectivity index (χ4v) is 11.2. The molecule has 15 atom stereocenters. The Hall–Kier alpha value is -3.54. The average Bonchev–Trinajstić information content (AvgIpc) is 3.84. The molecule has 4 aliphatic rings. The van der Waals surface area contributed by atoms with Crippen LogP contribution in [0.5, 0.6) is 0 Å². The third kappa shape index (κ3) is 14.8. The molecule has 4 heterocycles. The van der Waals surface area contributed by atoms with E-state index < -0.39 is 77.9 Å². The van der Waals surface area contributed by atoms with Crippen molar-refractivity contribution < 1.29 is 53.4 Å². The summed E-state index contributed by atoms with van der Waals surface area (Å²) in [5.74, 6) is -6.29. The van der Waals surface area contributed by atoms with Gasteiger partial charge in [0.15, 0.2) is 5.78 Å². The summed E-state index contributed by atoms with van der Waals surface area (Å²) in [4.78, 5) is 58.2. The van der Waals surface area contributed by atoms with E-state index in [0.29, 0.717) is 76.2 Å². The molecule has 7 unspecified atom stereocenters. The second-order valence-corrected chi connectivity index (χ2v) is 21.1. The number of nitrogens with one attached hydrogen (secondary N) is 1. The predicted molar refractivity (Wildman–Crippen MR) is 264 cm³/mol. The van der Waals surface area contributed by atoms with Crippen LogP contribution in [0.15, 0.2) is 64.4 Å². The zero-order valence-electron chi connectivity index (χ0n) is 41.7. The Morgan fingerprint density at radius 2 is 1.69 bits per heavy atom. The van der Waals surface area contributed by atoms with Gasteiger partial charge in [0.1, 0.15) is 24.4 Å². The number of anilines is 1. The van der Waals surface area contributed by atoms with Crippen molar-refractivity contribution >= 4 is 40.5 Å². The van der Waals surface area contributed by atoms with E-state index in [-0.39, 0.29) is 48.6 Å². The molecule has 15 heteroatoms. The van der Waals surface area contributed by atoms with Crippen molar-refractivity contribution in [3.63, 3.8) is 0 Å². The van der Waals surface area contributed by atoms with Gasteiger partial charge in [0.2, 0.25) is 5.79 Å². The van der Waals surface area contributed by atoms with Gasteiger partial charge in [0, 0.05) is 55.8 Å². The minimum Gasteiger partial charge on any atom is -0.461 e. The molecule has 1 aromatic heterocycles. The zero-order chi connectivity index (χ0) is 49.7. The molecule has 1 aliphatic carbocycles. The number of amides is 1. The lowest BCUT2D eigenvalue weighted by Gasteiger charge is -2.43. The number of allylic oxidation sites excluding steroid dienone is 5. The number of carbonyl (C=O) groups excluding carboxylic acids is 4. The first kappa shape index (κ1) is 55.4. The maximum atomic E-state index is 14.4. The molecule has 3 aliphatic heterocycles. The fourth-order valence-electron chi connectivity index (χ4n) is 10.6. The van der Waals surface area contributed by atoms with Crippen molar-refractivity contribution in [3.05, 3.63) is 64.4 Å². The normalized spacial score (nSPS) is 39.1. The molecule has 1 aromatic rings. The van der Waals surface area contributed by atoms with Crippen LogP contribution in [0, 0.1) is 29.6 Å². The van der Waals surface area contributed by atoms with Crippen molar-refractivity contribution in [1.82, 2.24) is 4.90 Å². The van der Waals surface area contributed by atoms with Crippen LogP contribution in [0.3, 0.4) is 0 Å². The summed E-state index contributed by atoms with van der Waals surface area (Å²) in [6.07, 6.45) is 14.1. The number of rotatable bonds is 7. The number of ether oxygens (including phenoxy) is 4. The quantitative estimate of drug-likeness (QED) is 0.104. The van der Waals surface area contributed by atoms with Crippen LogP contribution in [-0.4, -0.2) is 125 Å². The molecule has 0 aromatic carbocycles. The number of methoxy groups -OCH3 is 2. The summed E-state index contributed by atoms with van der Waals surface area (Å²) in [6, 6.07) is 0.111. The Balaban J connectivity index is 1.46. The number of thiophene rings is 1. The second-order valence-electron chi connectivity index (χ2n) is 20.4. The summed E-state index contributed by atoms with van der Waals surface area (Å²) >= 11 is 1.56. The standard InChI is InChI=1S/C53H81N3O11S/c1-32-14-10-9-11-15-33(2)42(55-40-23-25-68-31-40)30-41-20-17-37(6)53(63,67-41)50(60)51(61)56-24-13-12-16-43(56)52(62)66-45(34(3)27-38-18-21-44(57)46(29-38)64-7)22-19-39(54)28-36(5)48(59)49(65-8)47(58)35(4)26-32/h9-11,14-15,23,25,28,31-32,34-35,37-39,41-46,48-49,55,57,59,63H,12-13,16-22,24,26-27,29-30,54H2,1-8H3/b11-9+,14-10+,33-15+,36-28+/t32-,34-,35?,37?,38?,39+,41+,42+,43?,44-,45+,46?,48?,49+,53?/m1/s1. The Kier molecular flexibility index (Phi) is 21.2. The number of piperidine rings is 1. The molecule has 2 bridgehead atoms. The maximum Gasteiger partial charge on any atom is 0.329 e. The lowest BCUT2D eigenvalue weighted by Crippen LogP contribution is -2.61. The van der Waals surface area contributed by atoms with E-state index in [4.69, 9.17) is 24.7 Å². The highest BCUT2D eigenvalue weighted by Gasteiger charge is 2.53. The smallest absolute Gasteiger partial charge is 0.329 e. The minimum absolute atomic E-state index is 0.0444. The summed E-state index contributed by atoms with van der Waals surface area (Å²) in [5, 5.41) is 41.7. The molecule has 1 saturated carbocycles. The Morgan fingerprint density at radius 1 is 0.926 bits per heavy atom. The molecular weight excluding hydrogens is 887 g/mol. The van der Waals surface area contributed by atoms with Crippen molar-refractivity contribution in [3.8, 4) is 0 Å². The van der Waals surface area contributed by atoms with Crippen LogP contribution in [-0.2, 0) is 38.1 Å². The first-order chi connectivity index (χ1) is 32.4. The van der Waals surface area contributed by atoms with Crippen LogP contribution in [0.25, 0.3) is 0 Å². The van der Waals surface area contributed by atoms with Gasteiger partial charge in [-0.05, 0) is 132 Å². The SMILES string of the molecule is COC1CC(C[C@@H](C)[C@@H]2CC[C@H](N)/C=C(\C)C(O)[C@@H](OC)C(=O)C(C)C[C@H](C)/C=C/C=C/C=C(\C)[C@@H](Nc3ccsc3)C[C@@H]3CCC(C)C(O)(O3)C(=O)C(=O)N3CCCCC3C(=O)O2)CC[C@H]1O. The number of Topliss-reactive ketones (excluding diaryl/α,β-unsaturated/α-hetero) is 2. The molecule has 0 radical (unpaired) electrons. The molecule has 68 heavy (non-hydrogen) atoms. The van der Waals surface area contributed by atoms with Crippen LogP contribution in [0.2, 0.25) is 0 Å². The van der Waals surface area contributed by atoms with Gasteiger partial charge in [-0.1, -0.05) is 69.7 Å². The van der Waals surface area contributed by atoms with E-state index in [2.05, 4.69) is 5.32 Å². The van der Waals surface area contributed by atoms with E-state index in [1.165, 1.54) is 12.0 Å². The van der Waals surface area contributed by atoms with Crippen molar-refractivity contribution in [2.24, 2.45) is 35.3 Å². The largest absolute Gasteiger partial charge is 0.461 e. The number of hydrogen-bond donors (Lipinski definition) is 5. The molecule has 3 fully saturated rings. The number of nitrogens with two attached hydrogens (primary N) is 1. The number of nitrogens with zero attached hydrogens (tertiary/aromatic N) is 1. The molecule has 6 N–H and O–H groups in total. The lowest BCUT2D eigenvalue weighted by atomic mass is 9.78. The number of aliphatic hydroxyl groups excluding tert-OH is 2. The number of hydrogen-bond acceptors (Lipinski definition) is 14. The minimum atomic E-state index is -2.40. The van der Waals surface area contributed by atoms with Gasteiger partial charge in [-0.3, -0.25) is 14.4 Å². The molecule has 2 saturated heterocycles. The number of cyclic esters (lactones) is 1. The zero-order valence-corrected chi connectivity index (χ0v) is 42.5. The Labute approximate surface area is 408 Å². The van der Waals surface area contributed by atoms with Crippen molar-refractivity contribution in [2.45, 2.75) is 186 Å². The number of ketones is 2. The van der Waals surface area contributed by atoms with Crippen molar-refractivity contribution in [1.29, 1.82) is 0 Å². The topological polar surface area (TPSA) is 207 Å². The second kappa shape index (κ2) is 26.1. The van der Waals surface area contributed by atoms with Crippen LogP contribution in [0.1, 0.15) is 125 Å². The molecule has 0 spiro atoms. The highest BCUT2D eigenvalue weighted by molar-refractivity contribution is 7.08. The third-order valence-electron chi connectivity index (χ3n) is 15.0. The summed E-state index contributed by atoms with van der Waals surface area (Å²) in [5.41, 5.74) is 9.09. The van der Waals surface area contributed by atoms with Crippen LogP contribution >= 0.6 is 11.3 Å². The number of aliphatic hydroxyl groups is 3. The van der Waals surface area contributed by atoms with Crippen molar-refractivity contribution in [2.75, 3.05) is 26.1 Å². The first-order valence-corrected chi connectivity index (χ1v) is 26.0. The van der Waals surface area contributed by atoms with E-state index in [9.17, 15) is 34.5 Å². The lowest BCUT2D eigenvalue weighted by molar-refractivity contribution is -0.263. The van der Waals surface area contributed by atoms with Gasteiger partial charge in [-0.15, -0.1) is 0 Å². The fraction of sp³-hybridized carbons (Fsp3) is 0.698. The number of fused-ring (bicyclic) bond motifs is 3. The molecular formula is C53H81N3O11S. The van der Waals surface area contributed by atoms with Gasteiger partial charge in [-0.25, -0.2) is 4.79 Å². The van der Waals surface area contributed by atoms with E-state index in [1.54, 1.807) is 38.4 Å². The monoisotopic (exact) mass is 968 g/mol. The van der Waals surface area contributed by atoms with Crippen LogP contribution in [0.4, 0.5) is 5.69 Å². The van der Waals surface area contributed by atoms with Gasteiger partial charge in [0.25, 0.3) is 11.7 Å². The van der Waals surface area contributed by atoms with E-state index >= 15 is 0 Å². The van der Waals surface area contributed by atoms with E-state index in [0.717, 1.165) is 17.7 Å². The predicted octanol–water partition coefficient (Wildman–Crippen LogP) is 7.22. The van der Waals surface area contributed by atoms with Gasteiger partial charge in [0.05, 0.1) is 18.3 Å². The summed E-state index contributed by atoms with van der Waals surface area (Å²) < 4.78 is 23.9. The highest BCUT2D eigenvalue weighted by Crippen LogP contribution is 2.38. The molecule has 5 rings (SSSR count). The summed E-state index contributed by atoms with van der Waals surface area (Å²) in [6.45, 7) is 11.5. The van der Waals surface area contributed by atoms with E-state index in [1.807, 2.05) is 74.9 Å². The Bertz CT molecular complexity index is 1940. The average molecular weight is 968 g/mol. The maximum absolute atomic E-state index is 14.4. The molecule has 1 amide bonds. The van der Waals surface area contributed by atoms with Crippen LogP contribution < -0.4 is 11.1 Å². The third-order valence-corrected chi connectivity index (χ3v) is 15.6. The van der Waals surface area contributed by atoms with Gasteiger partial charge >= 0.3 is 5.97 Å². The van der Waals surface area contributed by atoms with Gasteiger partial charge < -0.3 is 50.2 Å². The number of carbonyl (C=O) groups is 4. The molecule has 380 valence electrons. The highest BCUT2D eigenvalue weighted by atomic mass is 32.1. The van der Waals surface area contributed by atoms with Gasteiger partial charge in [-0.2, -0.15) is 11.3 Å². The number of esters is 1.